The van der Waals surface area contributed by atoms with Crippen LogP contribution in [0.3, 0.4) is 0 Å². The highest BCUT2D eigenvalue weighted by molar-refractivity contribution is 5.84. The van der Waals surface area contributed by atoms with Crippen molar-refractivity contribution in [1.82, 2.24) is 5.32 Å². The van der Waals surface area contributed by atoms with E-state index in [9.17, 15) is 19.8 Å². The number of carbonyl (C=O) groups excluding carboxylic acids is 1. The number of carboxylic acids is 1. The second kappa shape index (κ2) is 7.14. The van der Waals surface area contributed by atoms with E-state index >= 15 is 0 Å². The van der Waals surface area contributed by atoms with Gasteiger partial charge in [-0.15, -0.1) is 0 Å². The average molecular weight is 253 g/mol. The summed E-state index contributed by atoms with van der Waals surface area (Å²) in [6.07, 6.45) is -7.84. The van der Waals surface area contributed by atoms with Crippen LogP contribution in [0.4, 0.5) is 0 Å². The van der Waals surface area contributed by atoms with E-state index in [2.05, 4.69) is 0 Å². The molecular weight excluding hydrogens is 238 g/mol. The normalized spacial score (nSPS) is 17.9. The molecule has 4 atom stereocenters. The van der Waals surface area contributed by atoms with E-state index in [0.29, 0.717) is 0 Å². The Balaban J connectivity index is 4.32. The van der Waals surface area contributed by atoms with Crippen LogP contribution < -0.4 is 5.32 Å². The number of carboxylic acid groups (broad SMARTS) is 1. The fourth-order valence-corrected chi connectivity index (χ4v) is 0.945. The fourth-order valence-electron chi connectivity index (χ4n) is 0.945. The maximum atomic E-state index is 11.1. The summed E-state index contributed by atoms with van der Waals surface area (Å²) in [6, 6.07) is 0. The summed E-state index contributed by atoms with van der Waals surface area (Å²) in [5.41, 5.74) is 0. The van der Waals surface area contributed by atoms with Gasteiger partial charge < -0.3 is 36.0 Å². The fraction of sp³-hybridized carbons (Fsp3) is 0.750. The van der Waals surface area contributed by atoms with Gasteiger partial charge in [-0.2, -0.15) is 0 Å². The van der Waals surface area contributed by atoms with E-state index in [1.807, 2.05) is 0 Å². The Bertz CT molecular complexity index is 270. The lowest BCUT2D eigenvalue weighted by Gasteiger charge is -2.24. The molecule has 0 aliphatic rings. The Hall–Kier alpha value is -1.26. The van der Waals surface area contributed by atoms with Crippen LogP contribution in [-0.2, 0) is 9.59 Å². The molecule has 0 saturated carbocycles. The van der Waals surface area contributed by atoms with Gasteiger partial charge in [0.15, 0.2) is 6.10 Å². The number of aliphatic hydroxyl groups is 5. The summed E-state index contributed by atoms with van der Waals surface area (Å²) in [7, 11) is 0. The number of carbonyl (C=O) groups is 2. The van der Waals surface area contributed by atoms with Crippen LogP contribution in [0.15, 0.2) is 0 Å². The van der Waals surface area contributed by atoms with Crippen LogP contribution in [0.2, 0.25) is 0 Å². The van der Waals surface area contributed by atoms with Crippen molar-refractivity contribution in [3.05, 3.63) is 0 Å². The minimum atomic E-state index is -2.12. The number of aliphatic hydroxyl groups excluding tert-OH is 5. The first kappa shape index (κ1) is 15.7. The van der Waals surface area contributed by atoms with Gasteiger partial charge in [-0.3, -0.25) is 9.59 Å². The maximum absolute atomic E-state index is 11.1. The first-order valence-corrected chi connectivity index (χ1v) is 4.63. The molecule has 0 fully saturated rings. The molecule has 9 nitrogen and oxygen atoms in total. The molecule has 17 heavy (non-hydrogen) atoms. The molecule has 0 aliphatic heterocycles. The molecular formula is C8H15NO8. The molecule has 0 heterocycles. The monoisotopic (exact) mass is 253 g/mol. The third kappa shape index (κ3) is 5.06. The van der Waals surface area contributed by atoms with Crippen molar-refractivity contribution < 1.29 is 40.2 Å². The molecule has 7 N–H and O–H groups in total. The molecule has 4 unspecified atom stereocenters. The van der Waals surface area contributed by atoms with Gasteiger partial charge in [-0.05, 0) is 0 Å². The molecule has 0 aromatic heterocycles. The predicted octanol–water partition coefficient (Wildman–Crippen LogP) is -4.38. The van der Waals surface area contributed by atoms with E-state index in [-0.39, 0.29) is 0 Å². The average Bonchev–Trinajstić information content (AvgIpc) is 2.31. The first-order chi connectivity index (χ1) is 7.81. The standard InChI is InChI=1S/C8H15NO8/c10-2-3(11)5(14)6(15)7(16)8(17)9-1-4(12)13/h3,5-7,10-11,14-16H,1-2H2,(H,9,17)(H,12,13). The summed E-state index contributed by atoms with van der Waals surface area (Å²) < 4.78 is 0. The van der Waals surface area contributed by atoms with Crippen molar-refractivity contribution in [3.63, 3.8) is 0 Å². The Morgan fingerprint density at radius 2 is 1.59 bits per heavy atom. The number of hydrogen-bond donors (Lipinski definition) is 7. The van der Waals surface area contributed by atoms with Gasteiger partial charge in [0.1, 0.15) is 24.9 Å². The molecule has 0 bridgehead atoms. The maximum Gasteiger partial charge on any atom is 0.322 e. The number of rotatable bonds is 7. The number of amides is 1. The van der Waals surface area contributed by atoms with Crippen LogP contribution in [-0.4, -0.2) is 80.1 Å². The zero-order valence-electron chi connectivity index (χ0n) is 8.72. The van der Waals surface area contributed by atoms with Crippen molar-refractivity contribution in [1.29, 1.82) is 0 Å². The van der Waals surface area contributed by atoms with Crippen molar-refractivity contribution >= 4 is 11.9 Å². The van der Waals surface area contributed by atoms with Crippen molar-refractivity contribution in [3.8, 4) is 0 Å². The van der Waals surface area contributed by atoms with Gasteiger partial charge in [0.2, 0.25) is 0 Å². The van der Waals surface area contributed by atoms with Crippen LogP contribution >= 0.6 is 0 Å². The van der Waals surface area contributed by atoms with Crippen LogP contribution in [0.5, 0.6) is 0 Å². The minimum Gasteiger partial charge on any atom is -0.480 e. The molecule has 9 heteroatoms. The highest BCUT2D eigenvalue weighted by atomic mass is 16.4. The molecule has 0 radical (unpaired) electrons. The van der Waals surface area contributed by atoms with E-state index in [1.54, 1.807) is 5.32 Å². The van der Waals surface area contributed by atoms with E-state index in [1.165, 1.54) is 0 Å². The Morgan fingerprint density at radius 1 is 1.06 bits per heavy atom. The summed E-state index contributed by atoms with van der Waals surface area (Å²) in [5, 5.41) is 55.0. The summed E-state index contributed by atoms with van der Waals surface area (Å²) >= 11 is 0. The SMILES string of the molecule is O=C(O)CNC(=O)C(O)C(O)C(O)C(O)CO. The first-order valence-electron chi connectivity index (χ1n) is 4.63. The van der Waals surface area contributed by atoms with Gasteiger partial charge >= 0.3 is 5.97 Å². The largest absolute Gasteiger partial charge is 0.480 e. The topological polar surface area (TPSA) is 168 Å². The minimum absolute atomic E-state index is 0.763. The van der Waals surface area contributed by atoms with Gasteiger partial charge in [-0.25, -0.2) is 0 Å². The van der Waals surface area contributed by atoms with Crippen molar-refractivity contribution in [2.24, 2.45) is 0 Å². The molecule has 1 amide bonds. The van der Waals surface area contributed by atoms with Gasteiger partial charge in [0.05, 0.1) is 6.61 Å². The number of nitrogens with one attached hydrogen (secondary N) is 1. The Labute approximate surface area is 95.9 Å². The van der Waals surface area contributed by atoms with E-state index in [4.69, 9.17) is 20.4 Å². The number of hydrogen-bond acceptors (Lipinski definition) is 7. The number of aliphatic carboxylic acids is 1. The second-order valence-electron chi connectivity index (χ2n) is 3.29. The van der Waals surface area contributed by atoms with Gasteiger partial charge in [0, 0.05) is 0 Å². The predicted molar refractivity (Wildman–Crippen MR) is 51.8 cm³/mol. The van der Waals surface area contributed by atoms with Crippen molar-refractivity contribution in [2.75, 3.05) is 13.2 Å². The van der Waals surface area contributed by atoms with Crippen molar-refractivity contribution in [2.45, 2.75) is 24.4 Å². The van der Waals surface area contributed by atoms with Gasteiger partial charge in [0.25, 0.3) is 5.91 Å². The molecule has 0 aliphatic carbocycles. The molecule has 0 aromatic rings. The summed E-state index contributed by atoms with van der Waals surface area (Å²) in [6.45, 7) is -1.64. The molecule has 0 spiro atoms. The summed E-state index contributed by atoms with van der Waals surface area (Å²) in [5.74, 6) is -2.57. The zero-order valence-corrected chi connectivity index (χ0v) is 8.72. The third-order valence-corrected chi connectivity index (χ3v) is 1.94. The van der Waals surface area contributed by atoms with Crippen LogP contribution in [0, 0.1) is 0 Å². The van der Waals surface area contributed by atoms with Crippen LogP contribution in [0.1, 0.15) is 0 Å². The smallest absolute Gasteiger partial charge is 0.322 e. The lowest BCUT2D eigenvalue weighted by atomic mass is 10.0. The molecule has 0 aromatic carbocycles. The molecule has 100 valence electrons. The van der Waals surface area contributed by atoms with E-state index < -0.39 is 49.4 Å². The quantitative estimate of drug-likeness (QED) is 0.239. The van der Waals surface area contributed by atoms with Crippen LogP contribution in [0.25, 0.3) is 0 Å². The Kier molecular flexibility index (Phi) is 6.61. The van der Waals surface area contributed by atoms with E-state index in [0.717, 1.165) is 0 Å². The molecule has 0 saturated heterocycles. The second-order valence-corrected chi connectivity index (χ2v) is 3.29. The van der Waals surface area contributed by atoms with Gasteiger partial charge in [-0.1, -0.05) is 0 Å². The summed E-state index contributed by atoms with van der Waals surface area (Å²) in [4.78, 5) is 21.2. The third-order valence-electron chi connectivity index (χ3n) is 1.94. The Morgan fingerprint density at radius 3 is 2.00 bits per heavy atom. The zero-order chi connectivity index (χ0) is 13.6. The highest BCUT2D eigenvalue weighted by Crippen LogP contribution is 2.05. The highest BCUT2D eigenvalue weighted by Gasteiger charge is 2.34. The lowest BCUT2D eigenvalue weighted by molar-refractivity contribution is -0.150. The lowest BCUT2D eigenvalue weighted by Crippen LogP contribution is -2.52. The molecule has 0 rings (SSSR count).